The SMILES string of the molecule is CC(C)N1C=C([C@@H](Nc2cc(Cl)c3ncc(C#N)c(Nc4ccc(F)c(Cl)c4)c3c2)c2cccc(N3CCCCC3=O)c2)NN1. The van der Waals surface area contributed by atoms with Crippen LogP contribution in [-0.2, 0) is 4.79 Å². The molecule has 0 radical (unpaired) electrons. The molecule has 4 N–H and O–H groups in total. The Hall–Kier alpha value is -4.56. The first-order valence-corrected chi connectivity index (χ1v) is 15.4. The minimum Gasteiger partial charge on any atom is -0.373 e. The fourth-order valence-corrected chi connectivity index (χ4v) is 5.96. The number of fused-ring (bicyclic) bond motifs is 1. The summed E-state index contributed by atoms with van der Waals surface area (Å²) in [6, 6.07) is 17.9. The molecule has 9 nitrogen and oxygen atoms in total. The molecule has 1 aromatic heterocycles. The van der Waals surface area contributed by atoms with Gasteiger partial charge in [-0.3, -0.25) is 14.8 Å². The minimum atomic E-state index is -0.544. The second-order valence-electron chi connectivity index (χ2n) is 11.3. The highest BCUT2D eigenvalue weighted by Crippen LogP contribution is 2.38. The van der Waals surface area contributed by atoms with E-state index in [2.05, 4.69) is 46.5 Å². The number of pyridine rings is 1. The highest BCUT2D eigenvalue weighted by molar-refractivity contribution is 6.36. The molecule has 0 spiro atoms. The third-order valence-corrected chi connectivity index (χ3v) is 8.44. The molecular formula is C33H31Cl2FN8O. The number of piperidine rings is 1. The molecule has 0 aliphatic carbocycles. The zero-order chi connectivity index (χ0) is 31.7. The van der Waals surface area contributed by atoms with E-state index in [1.165, 1.54) is 18.3 Å². The van der Waals surface area contributed by atoms with Gasteiger partial charge in [-0.05, 0) is 74.7 Å². The second kappa shape index (κ2) is 12.8. The lowest BCUT2D eigenvalue weighted by Crippen LogP contribution is -2.41. The third kappa shape index (κ3) is 6.33. The molecule has 4 aromatic rings. The molecule has 230 valence electrons. The summed E-state index contributed by atoms with van der Waals surface area (Å²) in [6.07, 6.45) is 5.87. The second-order valence-corrected chi connectivity index (χ2v) is 12.1. The van der Waals surface area contributed by atoms with Crippen LogP contribution in [0.1, 0.15) is 50.3 Å². The average Bonchev–Trinajstić information content (AvgIpc) is 3.53. The number of anilines is 4. The smallest absolute Gasteiger partial charge is 0.226 e. The number of aromatic nitrogens is 1. The predicted octanol–water partition coefficient (Wildman–Crippen LogP) is 7.54. The number of carbonyl (C=O) groups excluding carboxylic acids is 1. The Morgan fingerprint density at radius 2 is 1.89 bits per heavy atom. The van der Waals surface area contributed by atoms with Gasteiger partial charge in [0.25, 0.3) is 0 Å². The summed E-state index contributed by atoms with van der Waals surface area (Å²) in [4.78, 5) is 19.1. The first-order chi connectivity index (χ1) is 21.7. The Morgan fingerprint density at radius 3 is 2.62 bits per heavy atom. The number of amides is 1. The maximum Gasteiger partial charge on any atom is 0.226 e. The molecule has 6 rings (SSSR count). The first kappa shape index (κ1) is 30.5. The van der Waals surface area contributed by atoms with Crippen molar-refractivity contribution in [1.82, 2.24) is 21.0 Å². The summed E-state index contributed by atoms with van der Waals surface area (Å²) in [5.74, 6) is -0.421. The van der Waals surface area contributed by atoms with Crippen molar-refractivity contribution in [2.45, 2.75) is 45.2 Å². The van der Waals surface area contributed by atoms with Gasteiger partial charge in [-0.15, -0.1) is 5.53 Å². The summed E-state index contributed by atoms with van der Waals surface area (Å²) in [5, 5.41) is 19.7. The van der Waals surface area contributed by atoms with Crippen LogP contribution in [0.3, 0.4) is 0 Å². The van der Waals surface area contributed by atoms with Crippen LogP contribution in [0.25, 0.3) is 10.9 Å². The van der Waals surface area contributed by atoms with Crippen LogP contribution in [0, 0.1) is 17.1 Å². The predicted molar refractivity (Wildman–Crippen MR) is 176 cm³/mol. The lowest BCUT2D eigenvalue weighted by Gasteiger charge is -2.28. The summed E-state index contributed by atoms with van der Waals surface area (Å²) in [7, 11) is 0. The van der Waals surface area contributed by atoms with Crippen LogP contribution in [0.4, 0.5) is 27.1 Å². The Morgan fingerprint density at radius 1 is 1.07 bits per heavy atom. The zero-order valence-electron chi connectivity index (χ0n) is 24.7. The molecule has 2 aliphatic heterocycles. The molecule has 1 saturated heterocycles. The van der Waals surface area contributed by atoms with Gasteiger partial charge < -0.3 is 21.0 Å². The number of nitrogens with zero attached hydrogens (tertiary/aromatic N) is 4. The van der Waals surface area contributed by atoms with Crippen molar-refractivity contribution < 1.29 is 9.18 Å². The van der Waals surface area contributed by atoms with Crippen LogP contribution < -0.4 is 26.5 Å². The third-order valence-electron chi connectivity index (χ3n) is 7.86. The van der Waals surface area contributed by atoms with Crippen LogP contribution in [-0.4, -0.2) is 28.5 Å². The van der Waals surface area contributed by atoms with Gasteiger partial charge in [-0.2, -0.15) is 5.26 Å². The van der Waals surface area contributed by atoms with E-state index in [9.17, 15) is 14.4 Å². The van der Waals surface area contributed by atoms with Crippen molar-refractivity contribution in [3.63, 3.8) is 0 Å². The number of benzene rings is 3. The maximum atomic E-state index is 13.9. The number of nitrogens with one attached hydrogen (secondary N) is 4. The molecule has 12 heteroatoms. The van der Waals surface area contributed by atoms with Gasteiger partial charge in [0.15, 0.2) is 0 Å². The van der Waals surface area contributed by atoms with Gasteiger partial charge in [0.2, 0.25) is 5.91 Å². The number of hydrogen-bond acceptors (Lipinski definition) is 8. The van der Waals surface area contributed by atoms with Gasteiger partial charge in [0.1, 0.15) is 11.9 Å². The molecule has 45 heavy (non-hydrogen) atoms. The summed E-state index contributed by atoms with van der Waals surface area (Å²) in [6.45, 7) is 4.84. The van der Waals surface area contributed by atoms with Crippen molar-refractivity contribution in [3.05, 3.63) is 99.7 Å². The lowest BCUT2D eigenvalue weighted by molar-refractivity contribution is -0.119. The van der Waals surface area contributed by atoms with Gasteiger partial charge in [-0.1, -0.05) is 35.3 Å². The highest BCUT2D eigenvalue weighted by Gasteiger charge is 2.26. The largest absolute Gasteiger partial charge is 0.373 e. The molecular weight excluding hydrogens is 614 g/mol. The molecule has 0 saturated carbocycles. The summed E-state index contributed by atoms with van der Waals surface area (Å²) < 4.78 is 13.9. The van der Waals surface area contributed by atoms with Crippen molar-refractivity contribution in [2.75, 3.05) is 22.1 Å². The molecule has 0 unspecified atom stereocenters. The van der Waals surface area contributed by atoms with E-state index < -0.39 is 5.82 Å². The quantitative estimate of drug-likeness (QED) is 0.156. The first-order valence-electron chi connectivity index (χ1n) is 14.6. The van der Waals surface area contributed by atoms with Crippen LogP contribution >= 0.6 is 23.2 Å². The van der Waals surface area contributed by atoms with Crippen LogP contribution in [0.15, 0.2) is 72.7 Å². The molecule has 1 amide bonds. The maximum absolute atomic E-state index is 13.9. The molecule has 3 heterocycles. The Kier molecular flexibility index (Phi) is 8.67. The van der Waals surface area contributed by atoms with E-state index in [0.717, 1.165) is 29.8 Å². The fraction of sp³-hybridized carbons (Fsp3) is 0.242. The van der Waals surface area contributed by atoms with Crippen LogP contribution in [0.5, 0.6) is 0 Å². The van der Waals surface area contributed by atoms with Gasteiger partial charge in [0.05, 0.1) is 38.6 Å². The zero-order valence-corrected chi connectivity index (χ0v) is 26.2. The van der Waals surface area contributed by atoms with E-state index >= 15 is 0 Å². The monoisotopic (exact) mass is 644 g/mol. The van der Waals surface area contributed by atoms with Gasteiger partial charge >= 0.3 is 0 Å². The Balaban J connectivity index is 1.43. The lowest BCUT2D eigenvalue weighted by atomic mass is 10.0. The molecule has 1 fully saturated rings. The molecule has 0 bridgehead atoms. The Bertz CT molecular complexity index is 1860. The van der Waals surface area contributed by atoms with Crippen molar-refractivity contribution >= 4 is 62.8 Å². The molecule has 1 atom stereocenters. The summed E-state index contributed by atoms with van der Waals surface area (Å²) >= 11 is 12.8. The topological polar surface area (TPSA) is 108 Å². The van der Waals surface area contributed by atoms with Crippen molar-refractivity contribution in [1.29, 1.82) is 5.26 Å². The van der Waals surface area contributed by atoms with Crippen LogP contribution in [0.2, 0.25) is 10.0 Å². The van der Waals surface area contributed by atoms with E-state index in [-0.39, 0.29) is 28.6 Å². The standard InChI is InChI=1S/C33H31Cl2FN8O/c1-19(2)44-18-29(41-42-44)32(20-6-5-7-24(12-20)43-11-4-3-8-30(43)45)40-23-13-25-31(39-22-9-10-28(36)26(34)14-22)21(16-37)17-38-33(25)27(35)15-23/h5-7,9-10,12-15,17-19,32,40-42H,3-4,8,11H2,1-2H3,(H,38,39)/t32-/m0/s1. The average molecular weight is 646 g/mol. The van der Waals surface area contributed by atoms with Crippen molar-refractivity contribution in [3.8, 4) is 6.07 Å². The number of halogens is 3. The highest BCUT2D eigenvalue weighted by atomic mass is 35.5. The number of nitriles is 1. The number of rotatable bonds is 8. The number of hydrazine groups is 2. The van der Waals surface area contributed by atoms with Gasteiger partial charge in [0, 0.05) is 53.9 Å². The Labute approximate surface area is 270 Å². The van der Waals surface area contributed by atoms with E-state index in [4.69, 9.17) is 23.2 Å². The number of hydrogen-bond donors (Lipinski definition) is 4. The minimum absolute atomic E-state index is 0.0463. The van der Waals surface area contributed by atoms with Crippen molar-refractivity contribution in [2.24, 2.45) is 0 Å². The molecule has 2 aliphatic rings. The number of carbonyl (C=O) groups is 1. The van der Waals surface area contributed by atoms with Gasteiger partial charge in [-0.25, -0.2) is 4.39 Å². The van der Waals surface area contributed by atoms with E-state index in [1.807, 2.05) is 46.4 Å². The fourth-order valence-electron chi connectivity index (χ4n) is 5.51. The van der Waals surface area contributed by atoms with E-state index in [0.29, 0.717) is 46.0 Å². The molecule has 3 aromatic carbocycles. The summed E-state index contributed by atoms with van der Waals surface area (Å²) in [5.41, 5.74) is 11.5. The normalized spacial score (nSPS) is 15.6. The van der Waals surface area contributed by atoms with E-state index in [1.54, 1.807) is 12.1 Å².